The maximum absolute atomic E-state index is 13.2. The summed E-state index contributed by atoms with van der Waals surface area (Å²) < 4.78 is 13.2. The molecule has 5 heteroatoms. The van der Waals surface area contributed by atoms with Crippen LogP contribution in [0.5, 0.6) is 5.75 Å². The highest BCUT2D eigenvalue weighted by molar-refractivity contribution is 5.73. The van der Waals surface area contributed by atoms with E-state index in [4.69, 9.17) is 10.8 Å². The van der Waals surface area contributed by atoms with Gasteiger partial charge in [-0.25, -0.2) is 4.39 Å². The highest BCUT2D eigenvalue weighted by atomic mass is 19.1. The lowest BCUT2D eigenvalue weighted by atomic mass is 9.98. The Kier molecular flexibility index (Phi) is 3.84. The number of carboxylic acids is 1. The predicted molar refractivity (Wildman–Crippen MR) is 56.9 cm³/mol. The number of halogens is 1. The first kappa shape index (κ1) is 12.4. The smallest absolute Gasteiger partial charge is 0.320 e. The van der Waals surface area contributed by atoms with Crippen molar-refractivity contribution in [3.05, 3.63) is 29.3 Å². The molecule has 0 amide bonds. The predicted octanol–water partition coefficient (Wildman–Crippen LogP) is 1.38. The molecule has 1 aromatic carbocycles. The average molecular weight is 227 g/mol. The van der Waals surface area contributed by atoms with Gasteiger partial charge in [-0.1, -0.05) is 6.07 Å². The lowest BCUT2D eigenvalue weighted by Crippen LogP contribution is -2.32. The van der Waals surface area contributed by atoms with Crippen LogP contribution in [-0.2, 0) is 11.2 Å². The molecule has 4 nitrogen and oxygen atoms in total. The van der Waals surface area contributed by atoms with Crippen LogP contribution in [0.25, 0.3) is 0 Å². The van der Waals surface area contributed by atoms with Crippen molar-refractivity contribution in [2.24, 2.45) is 5.73 Å². The van der Waals surface area contributed by atoms with E-state index in [1.54, 1.807) is 0 Å². The van der Waals surface area contributed by atoms with Crippen molar-refractivity contribution < 1.29 is 19.4 Å². The number of rotatable bonds is 4. The van der Waals surface area contributed by atoms with Crippen LogP contribution >= 0.6 is 0 Å². The summed E-state index contributed by atoms with van der Waals surface area (Å²) in [4.78, 5) is 10.6. The van der Waals surface area contributed by atoms with Crippen molar-refractivity contribution >= 4 is 5.97 Å². The third-order valence-corrected chi connectivity index (χ3v) is 2.32. The standard InChI is InChI=1S/C11H14FNO3/c1-6(12)9-5-8(14)3-2-7(9)4-10(13)11(15)16/h2-3,5-6,10,14H,4,13H2,1H3,(H,15,16). The van der Waals surface area contributed by atoms with Gasteiger partial charge in [0.2, 0.25) is 0 Å². The van der Waals surface area contributed by atoms with Gasteiger partial charge in [-0.15, -0.1) is 0 Å². The molecule has 0 radical (unpaired) electrons. The number of alkyl halides is 1. The SMILES string of the molecule is CC(F)c1cc(O)ccc1CC(N)C(=O)O. The van der Waals surface area contributed by atoms with E-state index >= 15 is 0 Å². The molecule has 2 unspecified atom stereocenters. The molecule has 0 heterocycles. The van der Waals surface area contributed by atoms with Crippen molar-refractivity contribution in [1.29, 1.82) is 0 Å². The molecule has 0 aliphatic rings. The number of aromatic hydroxyl groups is 1. The second kappa shape index (κ2) is 4.94. The lowest BCUT2D eigenvalue weighted by molar-refractivity contribution is -0.138. The molecule has 4 N–H and O–H groups in total. The fraction of sp³-hybridized carbons (Fsp3) is 0.364. The highest BCUT2D eigenvalue weighted by Crippen LogP contribution is 2.26. The first-order valence-corrected chi connectivity index (χ1v) is 4.86. The Labute approximate surface area is 92.5 Å². The monoisotopic (exact) mass is 227 g/mol. The summed E-state index contributed by atoms with van der Waals surface area (Å²) in [5.41, 5.74) is 6.15. The normalized spacial score (nSPS) is 14.4. The summed E-state index contributed by atoms with van der Waals surface area (Å²) in [6.07, 6.45) is -1.23. The van der Waals surface area contributed by atoms with Crippen LogP contribution in [0.2, 0.25) is 0 Å². The lowest BCUT2D eigenvalue weighted by Gasteiger charge is -2.13. The number of phenolic OH excluding ortho intramolecular Hbond substituents is 1. The molecule has 0 saturated carbocycles. The Hall–Kier alpha value is -1.62. The van der Waals surface area contributed by atoms with E-state index in [9.17, 15) is 14.3 Å². The van der Waals surface area contributed by atoms with Gasteiger partial charge in [0.1, 0.15) is 18.0 Å². The molecule has 1 aromatic rings. The quantitative estimate of drug-likeness (QED) is 0.725. The van der Waals surface area contributed by atoms with Crippen molar-refractivity contribution in [3.63, 3.8) is 0 Å². The second-order valence-corrected chi connectivity index (χ2v) is 3.65. The number of nitrogens with two attached hydrogens (primary N) is 1. The number of aliphatic carboxylic acids is 1. The van der Waals surface area contributed by atoms with Gasteiger partial charge in [0.25, 0.3) is 0 Å². The Balaban J connectivity index is 2.99. The maximum Gasteiger partial charge on any atom is 0.320 e. The van der Waals surface area contributed by atoms with Gasteiger partial charge >= 0.3 is 5.97 Å². The molecule has 0 aliphatic heterocycles. The highest BCUT2D eigenvalue weighted by Gasteiger charge is 2.17. The zero-order valence-corrected chi connectivity index (χ0v) is 8.85. The minimum Gasteiger partial charge on any atom is -0.508 e. The van der Waals surface area contributed by atoms with Crippen LogP contribution in [-0.4, -0.2) is 22.2 Å². The van der Waals surface area contributed by atoms with Crippen LogP contribution < -0.4 is 5.73 Å². The summed E-state index contributed by atoms with van der Waals surface area (Å²) in [5, 5.41) is 17.9. The van der Waals surface area contributed by atoms with Gasteiger partial charge in [-0.05, 0) is 36.6 Å². The second-order valence-electron chi connectivity index (χ2n) is 3.65. The topological polar surface area (TPSA) is 83.5 Å². The molecule has 16 heavy (non-hydrogen) atoms. The molecule has 88 valence electrons. The first-order chi connectivity index (χ1) is 7.41. The maximum atomic E-state index is 13.2. The number of carbonyl (C=O) groups is 1. The number of phenols is 1. The Morgan fingerprint density at radius 2 is 2.19 bits per heavy atom. The Morgan fingerprint density at radius 3 is 2.69 bits per heavy atom. The van der Waals surface area contributed by atoms with Gasteiger partial charge in [0.05, 0.1) is 0 Å². The summed E-state index contributed by atoms with van der Waals surface area (Å²) >= 11 is 0. The molecule has 0 fully saturated rings. The number of carboxylic acid groups (broad SMARTS) is 1. The van der Waals surface area contributed by atoms with Gasteiger partial charge in [0, 0.05) is 0 Å². The molecule has 0 bridgehead atoms. The van der Waals surface area contributed by atoms with Gasteiger partial charge in [0.15, 0.2) is 0 Å². The van der Waals surface area contributed by atoms with Gasteiger partial charge in [-0.3, -0.25) is 4.79 Å². The fourth-order valence-electron chi connectivity index (χ4n) is 1.46. The summed E-state index contributed by atoms with van der Waals surface area (Å²) in [6.45, 7) is 1.32. The third kappa shape index (κ3) is 2.93. The molecular weight excluding hydrogens is 213 g/mol. The zero-order chi connectivity index (χ0) is 12.3. The minimum atomic E-state index is -1.27. The summed E-state index contributed by atoms with van der Waals surface area (Å²) in [6, 6.07) is 3.09. The molecule has 0 aromatic heterocycles. The Bertz CT molecular complexity index is 393. The van der Waals surface area contributed by atoms with Crippen molar-refractivity contribution in [2.75, 3.05) is 0 Å². The van der Waals surface area contributed by atoms with Crippen LogP contribution in [0, 0.1) is 0 Å². The van der Waals surface area contributed by atoms with E-state index < -0.39 is 18.2 Å². The number of hydrogen-bond acceptors (Lipinski definition) is 3. The zero-order valence-electron chi connectivity index (χ0n) is 8.85. The largest absolute Gasteiger partial charge is 0.508 e. The molecule has 0 aliphatic carbocycles. The van der Waals surface area contributed by atoms with E-state index in [0.29, 0.717) is 5.56 Å². The van der Waals surface area contributed by atoms with Crippen molar-refractivity contribution in [1.82, 2.24) is 0 Å². The van der Waals surface area contributed by atoms with Crippen LogP contribution in [0.15, 0.2) is 18.2 Å². The minimum absolute atomic E-state index is 0.0409. The summed E-state index contributed by atoms with van der Waals surface area (Å²) in [5.74, 6) is -1.18. The van der Waals surface area contributed by atoms with E-state index in [0.717, 1.165) is 0 Å². The summed E-state index contributed by atoms with van der Waals surface area (Å²) in [7, 11) is 0. The van der Waals surface area contributed by atoms with E-state index in [1.807, 2.05) is 0 Å². The van der Waals surface area contributed by atoms with E-state index in [2.05, 4.69) is 0 Å². The van der Waals surface area contributed by atoms with Crippen molar-refractivity contribution in [2.45, 2.75) is 25.6 Å². The van der Waals surface area contributed by atoms with Crippen LogP contribution in [0.4, 0.5) is 4.39 Å². The van der Waals surface area contributed by atoms with Crippen LogP contribution in [0.3, 0.4) is 0 Å². The van der Waals surface area contributed by atoms with Crippen molar-refractivity contribution in [3.8, 4) is 5.75 Å². The molecule has 0 spiro atoms. The molecule has 0 saturated heterocycles. The number of benzene rings is 1. The molecular formula is C11H14FNO3. The van der Waals surface area contributed by atoms with Crippen LogP contribution in [0.1, 0.15) is 24.2 Å². The fourth-order valence-corrected chi connectivity index (χ4v) is 1.46. The van der Waals surface area contributed by atoms with Gasteiger partial charge in [-0.2, -0.15) is 0 Å². The number of hydrogen-bond donors (Lipinski definition) is 3. The first-order valence-electron chi connectivity index (χ1n) is 4.86. The molecule has 1 rings (SSSR count). The Morgan fingerprint density at radius 1 is 1.56 bits per heavy atom. The van der Waals surface area contributed by atoms with E-state index in [-0.39, 0.29) is 17.7 Å². The van der Waals surface area contributed by atoms with Gasteiger partial charge < -0.3 is 15.9 Å². The average Bonchev–Trinajstić information content (AvgIpc) is 2.20. The molecule has 2 atom stereocenters. The van der Waals surface area contributed by atoms with E-state index in [1.165, 1.54) is 25.1 Å². The third-order valence-electron chi connectivity index (χ3n) is 2.32.